The van der Waals surface area contributed by atoms with E-state index < -0.39 is 34.4 Å². The maximum Gasteiger partial charge on any atom is 0.254 e. The van der Waals surface area contributed by atoms with Crippen molar-refractivity contribution in [3.05, 3.63) is 29.3 Å². The number of nitrogens with one attached hydrogen (secondary N) is 1. The lowest BCUT2D eigenvalue weighted by atomic mass is 9.79. The first-order valence-electron chi connectivity index (χ1n) is 7.06. The second-order valence-electron chi connectivity index (χ2n) is 5.97. The Kier molecular flexibility index (Phi) is 4.46. The summed E-state index contributed by atoms with van der Waals surface area (Å²) in [4.78, 5) is 12.0. The van der Waals surface area contributed by atoms with Gasteiger partial charge in [0.15, 0.2) is 5.82 Å². The third-order valence-electron chi connectivity index (χ3n) is 3.96. The zero-order valence-electron chi connectivity index (χ0n) is 12.0. The van der Waals surface area contributed by atoms with Gasteiger partial charge in [0.1, 0.15) is 5.82 Å². The molecule has 4 nitrogen and oxygen atoms in total. The fourth-order valence-electron chi connectivity index (χ4n) is 2.91. The molecule has 2 unspecified atom stereocenters. The Morgan fingerprint density at radius 3 is 2.90 bits per heavy atom. The maximum absolute atomic E-state index is 13.7. The minimum atomic E-state index is -0.983. The van der Waals surface area contributed by atoms with Gasteiger partial charge >= 0.3 is 0 Å². The summed E-state index contributed by atoms with van der Waals surface area (Å²) in [5.41, 5.74) is 3.46. The molecule has 1 saturated carbocycles. The standard InChI is InChI=1S/C15H20F2N2O2/c1-9-3-2-4-15(21,7-9)8-19-14(20)11-5-10(16)6-12(18)13(11)17/h5-6,9,21H,2-4,7-8,18H2,1H3,(H,19,20). The van der Waals surface area contributed by atoms with Crippen molar-refractivity contribution in [2.24, 2.45) is 5.92 Å². The van der Waals surface area contributed by atoms with E-state index in [1.165, 1.54) is 0 Å². The van der Waals surface area contributed by atoms with Gasteiger partial charge in [-0.3, -0.25) is 4.79 Å². The SMILES string of the molecule is CC1CCCC(O)(CNC(=O)c2cc(F)cc(N)c2F)C1. The number of halogens is 2. The van der Waals surface area contributed by atoms with Crippen molar-refractivity contribution in [2.75, 3.05) is 12.3 Å². The maximum atomic E-state index is 13.7. The highest BCUT2D eigenvalue weighted by Gasteiger charge is 2.33. The number of hydrogen-bond donors (Lipinski definition) is 3. The summed E-state index contributed by atoms with van der Waals surface area (Å²) in [7, 11) is 0. The molecule has 2 atom stereocenters. The van der Waals surface area contributed by atoms with E-state index in [4.69, 9.17) is 5.73 Å². The molecule has 0 bridgehead atoms. The van der Waals surface area contributed by atoms with E-state index in [1.54, 1.807) is 0 Å². The van der Waals surface area contributed by atoms with Crippen molar-refractivity contribution < 1.29 is 18.7 Å². The molecule has 6 heteroatoms. The number of nitrogen functional groups attached to an aromatic ring is 1. The van der Waals surface area contributed by atoms with E-state index in [0.29, 0.717) is 18.8 Å². The van der Waals surface area contributed by atoms with Crippen LogP contribution in [0, 0.1) is 17.6 Å². The molecule has 21 heavy (non-hydrogen) atoms. The highest BCUT2D eigenvalue weighted by molar-refractivity contribution is 5.95. The van der Waals surface area contributed by atoms with Crippen LogP contribution in [0.1, 0.15) is 43.0 Å². The predicted octanol–water partition coefficient (Wildman–Crippen LogP) is 2.22. The molecule has 0 radical (unpaired) electrons. The minimum Gasteiger partial charge on any atom is -0.396 e. The van der Waals surface area contributed by atoms with Crippen molar-refractivity contribution in [1.82, 2.24) is 5.32 Å². The summed E-state index contributed by atoms with van der Waals surface area (Å²) in [6, 6.07) is 1.62. The third-order valence-corrected chi connectivity index (χ3v) is 3.96. The van der Waals surface area contributed by atoms with Crippen molar-refractivity contribution >= 4 is 11.6 Å². The van der Waals surface area contributed by atoms with Gasteiger partial charge in [-0.05, 0) is 30.9 Å². The number of nitrogens with two attached hydrogens (primary N) is 1. The lowest BCUT2D eigenvalue weighted by molar-refractivity contribution is -0.0109. The van der Waals surface area contributed by atoms with Crippen molar-refractivity contribution in [3.63, 3.8) is 0 Å². The Labute approximate surface area is 122 Å². The number of benzene rings is 1. The summed E-state index contributed by atoms with van der Waals surface area (Å²) in [6.45, 7) is 2.06. The van der Waals surface area contributed by atoms with Crippen LogP contribution in [-0.2, 0) is 0 Å². The summed E-state index contributed by atoms with van der Waals surface area (Å²) < 4.78 is 27.0. The van der Waals surface area contributed by atoms with Crippen LogP contribution in [0.2, 0.25) is 0 Å². The minimum absolute atomic E-state index is 0.0199. The first-order valence-corrected chi connectivity index (χ1v) is 7.06. The largest absolute Gasteiger partial charge is 0.396 e. The highest BCUT2D eigenvalue weighted by Crippen LogP contribution is 2.31. The normalized spacial score (nSPS) is 25.6. The van der Waals surface area contributed by atoms with E-state index in [9.17, 15) is 18.7 Å². The molecule has 0 aromatic heterocycles. The van der Waals surface area contributed by atoms with E-state index >= 15 is 0 Å². The van der Waals surface area contributed by atoms with Crippen LogP contribution < -0.4 is 11.1 Å². The second-order valence-corrected chi connectivity index (χ2v) is 5.97. The van der Waals surface area contributed by atoms with Gasteiger partial charge in [-0.25, -0.2) is 8.78 Å². The highest BCUT2D eigenvalue weighted by atomic mass is 19.1. The van der Waals surface area contributed by atoms with Crippen molar-refractivity contribution in [1.29, 1.82) is 0 Å². The van der Waals surface area contributed by atoms with Crippen LogP contribution in [0.15, 0.2) is 12.1 Å². The monoisotopic (exact) mass is 298 g/mol. The molecule has 1 fully saturated rings. The molecule has 1 aliphatic carbocycles. The molecule has 0 spiro atoms. The number of amides is 1. The number of hydrogen-bond acceptors (Lipinski definition) is 3. The van der Waals surface area contributed by atoms with Gasteiger partial charge in [-0.15, -0.1) is 0 Å². The number of carbonyl (C=O) groups is 1. The first kappa shape index (κ1) is 15.7. The molecule has 0 aliphatic heterocycles. The second kappa shape index (κ2) is 5.97. The molecule has 1 amide bonds. The van der Waals surface area contributed by atoms with Crippen LogP contribution in [0.4, 0.5) is 14.5 Å². The summed E-state index contributed by atoms with van der Waals surface area (Å²) in [6.07, 6.45) is 3.10. The van der Waals surface area contributed by atoms with Crippen LogP contribution in [0.5, 0.6) is 0 Å². The van der Waals surface area contributed by atoms with Crippen LogP contribution in [0.25, 0.3) is 0 Å². The average Bonchev–Trinajstić information content (AvgIpc) is 2.40. The van der Waals surface area contributed by atoms with Gasteiger partial charge in [0.25, 0.3) is 5.91 Å². The summed E-state index contributed by atoms with van der Waals surface area (Å²) in [5, 5.41) is 12.9. The van der Waals surface area contributed by atoms with Gasteiger partial charge in [0, 0.05) is 6.54 Å². The van der Waals surface area contributed by atoms with E-state index in [0.717, 1.165) is 25.0 Å². The zero-order chi connectivity index (χ0) is 15.6. The van der Waals surface area contributed by atoms with Crippen molar-refractivity contribution in [2.45, 2.75) is 38.2 Å². The lowest BCUT2D eigenvalue weighted by Gasteiger charge is -2.35. The van der Waals surface area contributed by atoms with Crippen LogP contribution in [0.3, 0.4) is 0 Å². The van der Waals surface area contributed by atoms with Crippen molar-refractivity contribution in [3.8, 4) is 0 Å². The number of carbonyl (C=O) groups excluding carboxylic acids is 1. The molecule has 116 valence electrons. The smallest absolute Gasteiger partial charge is 0.254 e. The molecule has 1 aromatic carbocycles. The zero-order valence-corrected chi connectivity index (χ0v) is 12.0. The third kappa shape index (κ3) is 3.69. The van der Waals surface area contributed by atoms with Gasteiger partial charge in [0.05, 0.1) is 16.9 Å². The Bertz CT molecular complexity index is 551. The first-order chi connectivity index (χ1) is 9.81. The fraction of sp³-hybridized carbons (Fsp3) is 0.533. The van der Waals surface area contributed by atoms with Gasteiger partial charge in [0.2, 0.25) is 0 Å². The Hall–Kier alpha value is -1.69. The van der Waals surface area contributed by atoms with E-state index in [1.807, 2.05) is 6.92 Å². The molecule has 0 heterocycles. The van der Waals surface area contributed by atoms with Crippen LogP contribution in [-0.4, -0.2) is 23.2 Å². The van der Waals surface area contributed by atoms with Gasteiger partial charge in [-0.2, -0.15) is 0 Å². The Morgan fingerprint density at radius 1 is 1.52 bits per heavy atom. The quantitative estimate of drug-likeness (QED) is 0.749. The number of rotatable bonds is 3. The summed E-state index contributed by atoms with van der Waals surface area (Å²) in [5.74, 6) is -2.12. The molecule has 2 rings (SSSR count). The van der Waals surface area contributed by atoms with E-state index in [-0.39, 0.29) is 6.54 Å². The lowest BCUT2D eigenvalue weighted by Crippen LogP contribution is -2.46. The Balaban J connectivity index is 2.05. The molecular formula is C15H20F2N2O2. The van der Waals surface area contributed by atoms with Gasteiger partial charge in [-0.1, -0.05) is 19.8 Å². The topological polar surface area (TPSA) is 75.3 Å². The molecule has 4 N–H and O–H groups in total. The predicted molar refractivity (Wildman–Crippen MR) is 75.7 cm³/mol. The number of aliphatic hydroxyl groups is 1. The molecule has 1 aromatic rings. The Morgan fingerprint density at radius 2 is 2.24 bits per heavy atom. The molecule has 0 saturated heterocycles. The van der Waals surface area contributed by atoms with E-state index in [2.05, 4.69) is 5.32 Å². The molecular weight excluding hydrogens is 278 g/mol. The fourth-order valence-corrected chi connectivity index (χ4v) is 2.91. The number of anilines is 1. The van der Waals surface area contributed by atoms with Gasteiger partial charge < -0.3 is 16.2 Å². The molecule has 1 aliphatic rings. The van der Waals surface area contributed by atoms with Crippen LogP contribution >= 0.6 is 0 Å². The summed E-state index contributed by atoms with van der Waals surface area (Å²) >= 11 is 0. The average molecular weight is 298 g/mol.